The van der Waals surface area contributed by atoms with Crippen molar-refractivity contribution in [3.63, 3.8) is 0 Å². The van der Waals surface area contributed by atoms with Crippen molar-refractivity contribution in [1.29, 1.82) is 0 Å². The Morgan fingerprint density at radius 3 is 2.44 bits per heavy atom. The predicted molar refractivity (Wildman–Crippen MR) is 112 cm³/mol. The summed E-state index contributed by atoms with van der Waals surface area (Å²) < 4.78 is 10.3. The number of methoxy groups -OCH3 is 1. The summed E-state index contributed by atoms with van der Waals surface area (Å²) in [5.74, 6) is 0.825. The van der Waals surface area contributed by atoms with Crippen molar-refractivity contribution >= 4 is 39.3 Å². The van der Waals surface area contributed by atoms with Crippen molar-refractivity contribution in [2.45, 2.75) is 0 Å². The molecule has 27 heavy (non-hydrogen) atoms. The molecule has 7 heteroatoms. The van der Waals surface area contributed by atoms with Crippen molar-refractivity contribution in [1.82, 2.24) is 24.1 Å². The Bertz CT molecular complexity index is 1260. The van der Waals surface area contributed by atoms with E-state index in [0.29, 0.717) is 0 Å². The minimum Gasteiger partial charge on any atom is -0.497 e. The molecule has 0 spiro atoms. The summed E-state index contributed by atoms with van der Waals surface area (Å²) in [6.45, 7) is 0. The van der Waals surface area contributed by atoms with Crippen LogP contribution in [0, 0.1) is 3.57 Å². The smallest absolute Gasteiger partial charge is 0.168 e. The standard InChI is InChI=1S/C20H14IN5O/c1-27-16-8-2-13(3-9-16)17-10-25(15-6-4-14(21)5-7-15)19-18(17)20-22-11-24-26(20)12-23-19/h2-12H,1H3. The molecule has 0 fully saturated rings. The zero-order valence-corrected chi connectivity index (χ0v) is 16.5. The number of aromatic nitrogens is 5. The molecule has 5 aromatic rings. The molecule has 6 nitrogen and oxygen atoms in total. The second-order valence-corrected chi connectivity index (χ2v) is 7.33. The normalized spacial score (nSPS) is 11.3. The van der Waals surface area contributed by atoms with E-state index in [1.54, 1.807) is 24.3 Å². The Kier molecular flexibility index (Phi) is 3.82. The maximum Gasteiger partial charge on any atom is 0.168 e. The molecule has 5 rings (SSSR count). The van der Waals surface area contributed by atoms with Gasteiger partial charge in [0.25, 0.3) is 0 Å². The average molecular weight is 467 g/mol. The van der Waals surface area contributed by atoms with Gasteiger partial charge in [-0.05, 0) is 64.6 Å². The van der Waals surface area contributed by atoms with Crippen LogP contribution in [0.25, 0.3) is 33.5 Å². The largest absolute Gasteiger partial charge is 0.497 e. The Morgan fingerprint density at radius 2 is 1.70 bits per heavy atom. The second kappa shape index (κ2) is 6.34. The molecule has 0 atom stereocenters. The van der Waals surface area contributed by atoms with Crippen LogP contribution in [0.2, 0.25) is 0 Å². The molecule has 0 aliphatic heterocycles. The highest BCUT2D eigenvalue weighted by Crippen LogP contribution is 2.34. The van der Waals surface area contributed by atoms with E-state index in [-0.39, 0.29) is 0 Å². The fourth-order valence-electron chi connectivity index (χ4n) is 3.25. The Labute approximate surface area is 168 Å². The van der Waals surface area contributed by atoms with Gasteiger partial charge < -0.3 is 9.30 Å². The molecular formula is C20H14IN5O. The lowest BCUT2D eigenvalue weighted by Gasteiger charge is -2.04. The lowest BCUT2D eigenvalue weighted by Crippen LogP contribution is -1.96. The molecular weight excluding hydrogens is 453 g/mol. The van der Waals surface area contributed by atoms with Gasteiger partial charge in [-0.1, -0.05) is 12.1 Å². The SMILES string of the molecule is COc1ccc(-c2cn(-c3ccc(I)cc3)c3ncn4ncnc4c23)cc1. The van der Waals surface area contributed by atoms with Crippen LogP contribution in [0.1, 0.15) is 0 Å². The van der Waals surface area contributed by atoms with Crippen LogP contribution in [0.15, 0.2) is 67.4 Å². The summed E-state index contributed by atoms with van der Waals surface area (Å²) in [7, 11) is 1.67. The van der Waals surface area contributed by atoms with E-state index in [0.717, 1.165) is 39.2 Å². The Morgan fingerprint density at radius 1 is 0.926 bits per heavy atom. The molecule has 0 amide bonds. The highest BCUT2D eigenvalue weighted by molar-refractivity contribution is 14.1. The maximum absolute atomic E-state index is 5.29. The lowest BCUT2D eigenvalue weighted by atomic mass is 10.1. The molecule has 132 valence electrons. The van der Waals surface area contributed by atoms with Crippen molar-refractivity contribution < 1.29 is 4.74 Å². The van der Waals surface area contributed by atoms with E-state index < -0.39 is 0 Å². The molecule has 2 aromatic carbocycles. The van der Waals surface area contributed by atoms with Crippen molar-refractivity contribution in [2.75, 3.05) is 7.11 Å². The topological polar surface area (TPSA) is 57.2 Å². The summed E-state index contributed by atoms with van der Waals surface area (Å²) in [6.07, 6.45) is 5.36. The monoisotopic (exact) mass is 467 g/mol. The molecule has 3 aromatic heterocycles. The third kappa shape index (κ3) is 2.66. The molecule has 0 saturated carbocycles. The summed E-state index contributed by atoms with van der Waals surface area (Å²) in [5, 5.41) is 5.21. The van der Waals surface area contributed by atoms with Crippen LogP contribution in [-0.4, -0.2) is 31.3 Å². The first-order valence-corrected chi connectivity index (χ1v) is 9.42. The predicted octanol–water partition coefficient (Wildman–Crippen LogP) is 4.35. The molecule has 0 aliphatic rings. The van der Waals surface area contributed by atoms with E-state index in [2.05, 4.69) is 72.7 Å². The zero-order chi connectivity index (χ0) is 18.4. The van der Waals surface area contributed by atoms with E-state index in [9.17, 15) is 0 Å². The molecule has 0 saturated heterocycles. The minimum atomic E-state index is 0.787. The van der Waals surface area contributed by atoms with Crippen LogP contribution in [0.5, 0.6) is 5.75 Å². The van der Waals surface area contributed by atoms with Gasteiger partial charge in [0, 0.05) is 21.0 Å². The molecule has 0 aliphatic carbocycles. The Balaban J connectivity index is 1.83. The van der Waals surface area contributed by atoms with Gasteiger partial charge in [0.2, 0.25) is 0 Å². The number of hydrogen-bond donors (Lipinski definition) is 0. The van der Waals surface area contributed by atoms with E-state index in [1.807, 2.05) is 24.3 Å². The second-order valence-electron chi connectivity index (χ2n) is 6.09. The minimum absolute atomic E-state index is 0.787. The van der Waals surface area contributed by atoms with Crippen molar-refractivity contribution in [2.24, 2.45) is 0 Å². The van der Waals surface area contributed by atoms with Gasteiger partial charge in [0.05, 0.1) is 12.5 Å². The van der Waals surface area contributed by atoms with Crippen LogP contribution >= 0.6 is 22.6 Å². The summed E-state index contributed by atoms with van der Waals surface area (Å²) in [6, 6.07) is 16.4. The average Bonchev–Trinajstić information content (AvgIpc) is 3.33. The zero-order valence-electron chi connectivity index (χ0n) is 14.4. The molecule has 0 unspecified atom stereocenters. The number of hydrogen-bond acceptors (Lipinski definition) is 4. The number of ether oxygens (including phenoxy) is 1. The van der Waals surface area contributed by atoms with Gasteiger partial charge in [-0.3, -0.25) is 0 Å². The van der Waals surface area contributed by atoms with Gasteiger partial charge in [-0.25, -0.2) is 14.5 Å². The number of benzene rings is 2. The number of fused-ring (bicyclic) bond motifs is 3. The number of nitrogens with zero attached hydrogens (tertiary/aromatic N) is 5. The van der Waals surface area contributed by atoms with E-state index in [1.165, 1.54) is 3.57 Å². The number of halogens is 1. The fourth-order valence-corrected chi connectivity index (χ4v) is 3.61. The van der Waals surface area contributed by atoms with Gasteiger partial charge in [-0.2, -0.15) is 5.10 Å². The van der Waals surface area contributed by atoms with Crippen LogP contribution < -0.4 is 4.74 Å². The summed E-state index contributed by atoms with van der Waals surface area (Å²) in [4.78, 5) is 9.12. The summed E-state index contributed by atoms with van der Waals surface area (Å²) in [5.41, 5.74) is 4.81. The highest BCUT2D eigenvalue weighted by atomic mass is 127. The molecule has 3 heterocycles. The first-order chi connectivity index (χ1) is 13.2. The van der Waals surface area contributed by atoms with Gasteiger partial charge in [0.1, 0.15) is 18.4 Å². The quantitative estimate of drug-likeness (QED) is 0.371. The Hall–Kier alpha value is -2.94. The van der Waals surface area contributed by atoms with Crippen molar-refractivity contribution in [3.05, 3.63) is 71.0 Å². The first kappa shape index (κ1) is 16.2. The molecule has 0 bridgehead atoms. The van der Waals surface area contributed by atoms with Crippen LogP contribution in [0.3, 0.4) is 0 Å². The first-order valence-electron chi connectivity index (χ1n) is 8.34. The van der Waals surface area contributed by atoms with Gasteiger partial charge >= 0.3 is 0 Å². The van der Waals surface area contributed by atoms with Crippen LogP contribution in [-0.2, 0) is 0 Å². The fraction of sp³-hybridized carbons (Fsp3) is 0.0500. The van der Waals surface area contributed by atoms with Crippen LogP contribution in [0.4, 0.5) is 0 Å². The third-order valence-electron chi connectivity index (χ3n) is 4.57. The van der Waals surface area contributed by atoms with Crippen molar-refractivity contribution in [3.8, 4) is 22.6 Å². The lowest BCUT2D eigenvalue weighted by molar-refractivity contribution is 0.415. The van der Waals surface area contributed by atoms with Gasteiger partial charge in [0.15, 0.2) is 11.3 Å². The summed E-state index contributed by atoms with van der Waals surface area (Å²) >= 11 is 2.31. The van der Waals surface area contributed by atoms with Gasteiger partial charge in [-0.15, -0.1) is 0 Å². The molecule has 0 N–H and O–H groups in total. The highest BCUT2D eigenvalue weighted by Gasteiger charge is 2.17. The maximum atomic E-state index is 5.29. The van der Waals surface area contributed by atoms with E-state index >= 15 is 0 Å². The molecule has 0 radical (unpaired) electrons. The van der Waals surface area contributed by atoms with E-state index in [4.69, 9.17) is 4.74 Å². The third-order valence-corrected chi connectivity index (χ3v) is 5.29. The number of rotatable bonds is 3.